The minimum atomic E-state index is -0.833. The lowest BCUT2D eigenvalue weighted by Crippen LogP contribution is -2.44. The molecule has 1 aliphatic heterocycles. The van der Waals surface area contributed by atoms with Crippen LogP contribution < -0.4 is 4.74 Å². The van der Waals surface area contributed by atoms with Gasteiger partial charge in [0.2, 0.25) is 0 Å². The van der Waals surface area contributed by atoms with Gasteiger partial charge in [-0.3, -0.25) is 4.79 Å². The molecule has 6 heteroatoms. The molecule has 0 aromatic heterocycles. The van der Waals surface area contributed by atoms with E-state index in [2.05, 4.69) is 13.8 Å². The number of amides is 1. The Hall–Kier alpha value is -2.55. The first kappa shape index (κ1) is 18.8. The van der Waals surface area contributed by atoms with Crippen LogP contribution in [0.15, 0.2) is 24.3 Å². The van der Waals surface area contributed by atoms with Gasteiger partial charge >= 0.3 is 5.97 Å². The molecule has 2 rings (SSSR count). The molecule has 3 atom stereocenters. The van der Waals surface area contributed by atoms with E-state index in [0.717, 1.165) is 6.42 Å². The van der Waals surface area contributed by atoms with Crippen LogP contribution in [0.1, 0.15) is 32.8 Å². The standard InChI is InChI=1S/C19H24N2O4/c1-13-8-14(2)11-21(10-13)18(22)12-24-19(23)15(3)25-17-6-4-16(9-20)5-7-17/h4-7,13-15H,8,10-12H2,1-3H3/t13-,14-,15+/m0/s1. The highest BCUT2D eigenvalue weighted by Crippen LogP contribution is 2.21. The topological polar surface area (TPSA) is 79.6 Å². The number of hydrogen-bond donors (Lipinski definition) is 0. The number of hydrogen-bond acceptors (Lipinski definition) is 5. The minimum absolute atomic E-state index is 0.169. The first-order valence-corrected chi connectivity index (χ1v) is 8.50. The molecule has 1 aromatic carbocycles. The fourth-order valence-electron chi connectivity index (χ4n) is 3.07. The van der Waals surface area contributed by atoms with Gasteiger partial charge in [0.1, 0.15) is 5.75 Å². The maximum absolute atomic E-state index is 12.2. The second kappa shape index (κ2) is 8.52. The second-order valence-corrected chi connectivity index (χ2v) is 6.75. The molecule has 1 amide bonds. The number of nitriles is 1. The number of ether oxygens (including phenoxy) is 2. The van der Waals surface area contributed by atoms with Crippen molar-refractivity contribution in [3.05, 3.63) is 29.8 Å². The van der Waals surface area contributed by atoms with E-state index < -0.39 is 12.1 Å². The molecule has 0 saturated carbocycles. The molecule has 25 heavy (non-hydrogen) atoms. The number of piperidine rings is 1. The van der Waals surface area contributed by atoms with Crippen LogP contribution in [0.4, 0.5) is 0 Å². The molecule has 1 saturated heterocycles. The molecular weight excluding hydrogens is 320 g/mol. The lowest BCUT2D eigenvalue weighted by molar-refractivity contribution is -0.158. The summed E-state index contributed by atoms with van der Waals surface area (Å²) in [6, 6.07) is 8.45. The third-order valence-electron chi connectivity index (χ3n) is 4.19. The van der Waals surface area contributed by atoms with Crippen molar-refractivity contribution in [2.45, 2.75) is 33.3 Å². The molecule has 134 valence electrons. The van der Waals surface area contributed by atoms with E-state index in [-0.39, 0.29) is 12.5 Å². The predicted octanol–water partition coefficient (Wildman–Crippen LogP) is 2.37. The normalized spacial score (nSPS) is 21.1. The van der Waals surface area contributed by atoms with Crippen LogP contribution in [0.2, 0.25) is 0 Å². The Bertz CT molecular complexity index is 640. The third kappa shape index (κ3) is 5.49. The summed E-state index contributed by atoms with van der Waals surface area (Å²) in [5.41, 5.74) is 0.512. The molecule has 1 fully saturated rings. The maximum atomic E-state index is 12.2. The fraction of sp³-hybridized carbons (Fsp3) is 0.526. The van der Waals surface area contributed by atoms with E-state index in [1.54, 1.807) is 36.1 Å². The zero-order valence-electron chi connectivity index (χ0n) is 14.9. The fourth-order valence-corrected chi connectivity index (χ4v) is 3.07. The van der Waals surface area contributed by atoms with E-state index in [9.17, 15) is 9.59 Å². The average molecular weight is 344 g/mol. The largest absolute Gasteiger partial charge is 0.479 e. The minimum Gasteiger partial charge on any atom is -0.479 e. The van der Waals surface area contributed by atoms with Gasteiger partial charge in [-0.05, 0) is 49.4 Å². The van der Waals surface area contributed by atoms with Gasteiger partial charge in [-0.15, -0.1) is 0 Å². The Morgan fingerprint density at radius 3 is 2.40 bits per heavy atom. The molecule has 0 N–H and O–H groups in total. The van der Waals surface area contributed by atoms with Crippen molar-refractivity contribution in [1.82, 2.24) is 4.90 Å². The molecule has 0 spiro atoms. The van der Waals surface area contributed by atoms with Crippen molar-refractivity contribution in [2.24, 2.45) is 11.8 Å². The lowest BCUT2D eigenvalue weighted by atomic mass is 9.92. The predicted molar refractivity (Wildman–Crippen MR) is 91.7 cm³/mol. The smallest absolute Gasteiger partial charge is 0.347 e. The molecule has 0 unspecified atom stereocenters. The number of carbonyl (C=O) groups is 2. The maximum Gasteiger partial charge on any atom is 0.347 e. The zero-order valence-corrected chi connectivity index (χ0v) is 14.9. The van der Waals surface area contributed by atoms with Gasteiger partial charge in [0.15, 0.2) is 12.7 Å². The number of benzene rings is 1. The van der Waals surface area contributed by atoms with Crippen molar-refractivity contribution < 1.29 is 19.1 Å². The Labute approximate surface area is 148 Å². The van der Waals surface area contributed by atoms with Crippen LogP contribution in [-0.2, 0) is 14.3 Å². The van der Waals surface area contributed by atoms with Gasteiger partial charge < -0.3 is 14.4 Å². The summed E-state index contributed by atoms with van der Waals surface area (Å²) in [6.07, 6.45) is 0.277. The Kier molecular flexibility index (Phi) is 6.40. The summed E-state index contributed by atoms with van der Waals surface area (Å²) in [5.74, 6) is 0.630. The quantitative estimate of drug-likeness (QED) is 0.766. The van der Waals surface area contributed by atoms with Crippen molar-refractivity contribution in [1.29, 1.82) is 5.26 Å². The van der Waals surface area contributed by atoms with Crippen molar-refractivity contribution in [2.75, 3.05) is 19.7 Å². The van der Waals surface area contributed by atoms with Gasteiger partial charge in [-0.25, -0.2) is 4.79 Å². The highest BCUT2D eigenvalue weighted by Gasteiger charge is 2.26. The molecule has 1 aliphatic rings. The number of nitrogens with zero attached hydrogens (tertiary/aromatic N) is 2. The molecule has 0 aliphatic carbocycles. The van der Waals surface area contributed by atoms with E-state index in [0.29, 0.717) is 36.2 Å². The van der Waals surface area contributed by atoms with Gasteiger partial charge in [0.25, 0.3) is 5.91 Å². The van der Waals surface area contributed by atoms with E-state index in [1.807, 2.05) is 6.07 Å². The average Bonchev–Trinajstić information content (AvgIpc) is 2.59. The van der Waals surface area contributed by atoms with Gasteiger partial charge in [0, 0.05) is 13.1 Å². The number of rotatable bonds is 5. The van der Waals surface area contributed by atoms with Crippen LogP contribution in [0.3, 0.4) is 0 Å². The number of likely N-dealkylation sites (tertiary alicyclic amines) is 1. The Morgan fingerprint density at radius 1 is 1.24 bits per heavy atom. The highest BCUT2D eigenvalue weighted by molar-refractivity contribution is 5.82. The molecule has 1 aromatic rings. The molecule has 6 nitrogen and oxygen atoms in total. The second-order valence-electron chi connectivity index (χ2n) is 6.75. The number of esters is 1. The summed E-state index contributed by atoms with van der Waals surface area (Å²) in [5, 5.41) is 8.76. The Morgan fingerprint density at radius 2 is 1.84 bits per heavy atom. The first-order valence-electron chi connectivity index (χ1n) is 8.50. The third-order valence-corrected chi connectivity index (χ3v) is 4.19. The lowest BCUT2D eigenvalue weighted by Gasteiger charge is -2.34. The van der Waals surface area contributed by atoms with E-state index >= 15 is 0 Å². The highest BCUT2D eigenvalue weighted by atomic mass is 16.6. The summed E-state index contributed by atoms with van der Waals surface area (Å²) in [6.45, 7) is 6.95. The summed E-state index contributed by atoms with van der Waals surface area (Å²) in [4.78, 5) is 26.0. The summed E-state index contributed by atoms with van der Waals surface area (Å²) in [7, 11) is 0. The molecule has 0 radical (unpaired) electrons. The van der Waals surface area contributed by atoms with Crippen LogP contribution in [0, 0.1) is 23.2 Å². The van der Waals surface area contributed by atoms with Crippen molar-refractivity contribution >= 4 is 11.9 Å². The summed E-state index contributed by atoms with van der Waals surface area (Å²) >= 11 is 0. The van der Waals surface area contributed by atoms with Crippen molar-refractivity contribution in [3.8, 4) is 11.8 Å². The van der Waals surface area contributed by atoms with E-state index in [4.69, 9.17) is 14.7 Å². The SMILES string of the molecule is C[C@H]1C[C@H](C)CN(C(=O)COC(=O)[C@@H](C)Oc2ccc(C#N)cc2)C1. The van der Waals surface area contributed by atoms with Crippen LogP contribution >= 0.6 is 0 Å². The zero-order chi connectivity index (χ0) is 18.4. The van der Waals surface area contributed by atoms with Crippen LogP contribution in [-0.4, -0.2) is 42.6 Å². The van der Waals surface area contributed by atoms with Crippen molar-refractivity contribution in [3.63, 3.8) is 0 Å². The van der Waals surface area contributed by atoms with Crippen LogP contribution in [0.25, 0.3) is 0 Å². The van der Waals surface area contributed by atoms with Gasteiger partial charge in [-0.2, -0.15) is 5.26 Å². The molecule has 1 heterocycles. The first-order chi connectivity index (χ1) is 11.9. The van der Waals surface area contributed by atoms with Crippen LogP contribution in [0.5, 0.6) is 5.75 Å². The number of carbonyl (C=O) groups excluding carboxylic acids is 2. The summed E-state index contributed by atoms with van der Waals surface area (Å²) < 4.78 is 10.6. The Balaban J connectivity index is 1.80. The van der Waals surface area contributed by atoms with Gasteiger partial charge in [0.05, 0.1) is 11.6 Å². The van der Waals surface area contributed by atoms with Gasteiger partial charge in [-0.1, -0.05) is 13.8 Å². The monoisotopic (exact) mass is 344 g/mol. The van der Waals surface area contributed by atoms with E-state index in [1.165, 1.54) is 0 Å². The molecule has 0 bridgehead atoms. The molecular formula is C19H24N2O4.